The fourth-order valence-electron chi connectivity index (χ4n) is 3.70. The number of piperidine rings is 1. The molecule has 0 radical (unpaired) electrons. The number of carbonyl (C=O) groups is 2. The van der Waals surface area contributed by atoms with Gasteiger partial charge < -0.3 is 4.74 Å². The SMILES string of the molecule is CCOC(=O)Cc1csc(NC(=O)c2ccc(S(=O)(=O)N3C[C@H](C)C[C@@H](C)C3)cc2)n1. The van der Waals surface area contributed by atoms with Crippen LogP contribution < -0.4 is 5.32 Å². The number of hydrogen-bond donors (Lipinski definition) is 1. The van der Waals surface area contributed by atoms with Crippen molar-refractivity contribution >= 4 is 38.4 Å². The second-order valence-electron chi connectivity index (χ2n) is 7.87. The van der Waals surface area contributed by atoms with Gasteiger partial charge in [0.1, 0.15) is 0 Å². The van der Waals surface area contributed by atoms with E-state index >= 15 is 0 Å². The van der Waals surface area contributed by atoms with Crippen molar-refractivity contribution in [3.8, 4) is 0 Å². The van der Waals surface area contributed by atoms with Gasteiger partial charge in [0, 0.05) is 24.0 Å². The van der Waals surface area contributed by atoms with Gasteiger partial charge >= 0.3 is 5.97 Å². The Hall–Kier alpha value is -2.30. The number of carbonyl (C=O) groups excluding carboxylic acids is 2. The first-order valence-electron chi connectivity index (χ1n) is 10.2. The summed E-state index contributed by atoms with van der Waals surface area (Å²) < 4.78 is 32.3. The Morgan fingerprint density at radius 1 is 1.19 bits per heavy atom. The van der Waals surface area contributed by atoms with Crippen LogP contribution in [0.25, 0.3) is 0 Å². The zero-order valence-corrected chi connectivity index (χ0v) is 19.5. The molecule has 1 aromatic heterocycles. The number of ether oxygens (including phenoxy) is 1. The molecule has 0 bridgehead atoms. The summed E-state index contributed by atoms with van der Waals surface area (Å²) in [6.07, 6.45) is 1.06. The number of amides is 1. The standard InChI is InChI=1S/C21H27N3O5S2/c1-4-29-19(25)10-17-13-30-21(22-17)23-20(26)16-5-7-18(8-6-16)31(27,28)24-11-14(2)9-15(3)12-24/h5-8,13-15H,4,9-12H2,1-3H3,(H,22,23,26)/t14-,15-/m1/s1. The van der Waals surface area contributed by atoms with Crippen molar-refractivity contribution in [3.63, 3.8) is 0 Å². The number of nitrogens with one attached hydrogen (secondary N) is 1. The van der Waals surface area contributed by atoms with E-state index < -0.39 is 15.9 Å². The molecule has 2 aromatic rings. The van der Waals surface area contributed by atoms with Crippen LogP contribution in [0, 0.1) is 11.8 Å². The molecule has 0 spiro atoms. The molecule has 2 heterocycles. The molecule has 2 atom stereocenters. The minimum atomic E-state index is -3.59. The smallest absolute Gasteiger partial charge is 0.311 e. The molecule has 10 heteroatoms. The van der Waals surface area contributed by atoms with Crippen molar-refractivity contribution in [1.82, 2.24) is 9.29 Å². The fraction of sp³-hybridized carbons (Fsp3) is 0.476. The molecule has 8 nitrogen and oxygen atoms in total. The molecule has 31 heavy (non-hydrogen) atoms. The van der Waals surface area contributed by atoms with Crippen LogP contribution in [0.5, 0.6) is 0 Å². The average molecular weight is 466 g/mol. The predicted molar refractivity (Wildman–Crippen MR) is 119 cm³/mol. The third kappa shape index (κ3) is 5.90. The van der Waals surface area contributed by atoms with Crippen molar-refractivity contribution in [2.45, 2.75) is 38.5 Å². The van der Waals surface area contributed by atoms with Gasteiger partial charge in [0.05, 0.1) is 23.6 Å². The molecule has 1 N–H and O–H groups in total. The zero-order chi connectivity index (χ0) is 22.6. The largest absolute Gasteiger partial charge is 0.466 e. The van der Waals surface area contributed by atoms with Gasteiger partial charge in [-0.1, -0.05) is 13.8 Å². The number of aromatic nitrogens is 1. The Kier molecular flexibility index (Phi) is 7.45. The third-order valence-electron chi connectivity index (χ3n) is 4.99. The van der Waals surface area contributed by atoms with Gasteiger partial charge in [0.15, 0.2) is 5.13 Å². The van der Waals surface area contributed by atoms with Crippen molar-refractivity contribution in [2.24, 2.45) is 11.8 Å². The van der Waals surface area contributed by atoms with E-state index in [9.17, 15) is 18.0 Å². The highest BCUT2D eigenvalue weighted by atomic mass is 32.2. The van der Waals surface area contributed by atoms with Gasteiger partial charge in [-0.2, -0.15) is 4.31 Å². The number of esters is 1. The average Bonchev–Trinajstić information content (AvgIpc) is 3.14. The normalized spacial score (nSPS) is 19.7. The molecule has 1 aliphatic heterocycles. The number of rotatable bonds is 7. The van der Waals surface area contributed by atoms with Crippen molar-refractivity contribution in [2.75, 3.05) is 25.0 Å². The Labute approximate surface area is 186 Å². The number of benzene rings is 1. The maximum absolute atomic E-state index is 13.0. The van der Waals surface area contributed by atoms with E-state index in [0.717, 1.165) is 6.42 Å². The lowest BCUT2D eigenvalue weighted by atomic mass is 9.94. The lowest BCUT2D eigenvalue weighted by molar-refractivity contribution is -0.142. The summed E-state index contributed by atoms with van der Waals surface area (Å²) in [4.78, 5) is 28.4. The maximum atomic E-state index is 13.0. The Bertz CT molecular complexity index is 1020. The van der Waals surface area contributed by atoms with Crippen molar-refractivity contribution in [3.05, 3.63) is 40.9 Å². The first kappa shape index (κ1) is 23.4. The first-order valence-corrected chi connectivity index (χ1v) is 12.5. The molecule has 1 saturated heterocycles. The van der Waals surface area contributed by atoms with E-state index in [0.29, 0.717) is 47.9 Å². The van der Waals surface area contributed by atoms with E-state index in [1.807, 2.05) is 0 Å². The highest BCUT2D eigenvalue weighted by Crippen LogP contribution is 2.27. The van der Waals surface area contributed by atoms with Gasteiger partial charge in [-0.05, 0) is 49.4 Å². The van der Waals surface area contributed by atoms with Crippen LogP contribution in [0.15, 0.2) is 34.5 Å². The molecule has 0 unspecified atom stereocenters. The Balaban J connectivity index is 1.65. The second-order valence-corrected chi connectivity index (χ2v) is 10.7. The molecule has 1 aromatic carbocycles. The third-order valence-corrected chi connectivity index (χ3v) is 7.65. The second kappa shape index (κ2) is 9.88. The molecule has 1 aliphatic rings. The molecule has 168 valence electrons. The Morgan fingerprint density at radius 3 is 2.45 bits per heavy atom. The van der Waals surface area contributed by atoms with Gasteiger partial charge in [0.2, 0.25) is 10.0 Å². The quantitative estimate of drug-likeness (QED) is 0.630. The Morgan fingerprint density at radius 2 is 1.84 bits per heavy atom. The monoisotopic (exact) mass is 465 g/mol. The van der Waals surface area contributed by atoms with Crippen LogP contribution >= 0.6 is 11.3 Å². The van der Waals surface area contributed by atoms with E-state index in [2.05, 4.69) is 24.1 Å². The van der Waals surface area contributed by atoms with Gasteiger partial charge in [-0.3, -0.25) is 14.9 Å². The maximum Gasteiger partial charge on any atom is 0.311 e. The number of sulfonamides is 1. The van der Waals surface area contributed by atoms with E-state index in [-0.39, 0.29) is 17.3 Å². The van der Waals surface area contributed by atoms with Gasteiger partial charge in [-0.25, -0.2) is 13.4 Å². The highest BCUT2D eigenvalue weighted by Gasteiger charge is 2.31. The highest BCUT2D eigenvalue weighted by molar-refractivity contribution is 7.89. The van der Waals surface area contributed by atoms with E-state index in [1.54, 1.807) is 12.3 Å². The number of thiazole rings is 1. The fourth-order valence-corrected chi connectivity index (χ4v) is 6.09. The van der Waals surface area contributed by atoms with Crippen LogP contribution in [-0.2, 0) is 26.0 Å². The molecule has 3 rings (SSSR count). The van der Waals surface area contributed by atoms with Gasteiger partial charge in [-0.15, -0.1) is 11.3 Å². The lowest BCUT2D eigenvalue weighted by Gasteiger charge is -2.34. The van der Waals surface area contributed by atoms with Crippen LogP contribution in [0.4, 0.5) is 5.13 Å². The van der Waals surface area contributed by atoms with Crippen LogP contribution in [0.1, 0.15) is 43.2 Å². The number of nitrogens with zero attached hydrogens (tertiary/aromatic N) is 2. The molecule has 1 fully saturated rings. The first-order chi connectivity index (χ1) is 14.7. The summed E-state index contributed by atoms with van der Waals surface area (Å²) in [5, 5.41) is 4.72. The lowest BCUT2D eigenvalue weighted by Crippen LogP contribution is -2.42. The minimum Gasteiger partial charge on any atom is -0.466 e. The molecule has 1 amide bonds. The summed E-state index contributed by atoms with van der Waals surface area (Å²) >= 11 is 1.21. The van der Waals surface area contributed by atoms with Crippen molar-refractivity contribution in [1.29, 1.82) is 0 Å². The summed E-state index contributed by atoms with van der Waals surface area (Å²) in [6, 6.07) is 5.91. The summed E-state index contributed by atoms with van der Waals surface area (Å²) in [5.74, 6) is -0.146. The molecule has 0 saturated carbocycles. The van der Waals surface area contributed by atoms with Gasteiger partial charge in [0.25, 0.3) is 5.91 Å². The minimum absolute atomic E-state index is 0.0422. The van der Waals surface area contributed by atoms with E-state index in [1.165, 1.54) is 39.9 Å². The van der Waals surface area contributed by atoms with Crippen LogP contribution in [0.2, 0.25) is 0 Å². The van der Waals surface area contributed by atoms with Crippen LogP contribution in [-0.4, -0.2) is 49.3 Å². The summed E-state index contributed by atoms with van der Waals surface area (Å²) in [5.41, 5.74) is 0.839. The predicted octanol–water partition coefficient (Wildman–Crippen LogP) is 3.17. The molecule has 0 aliphatic carbocycles. The number of anilines is 1. The van der Waals surface area contributed by atoms with E-state index in [4.69, 9.17) is 4.74 Å². The van der Waals surface area contributed by atoms with Crippen LogP contribution in [0.3, 0.4) is 0 Å². The molecular weight excluding hydrogens is 438 g/mol. The number of hydrogen-bond acceptors (Lipinski definition) is 7. The summed E-state index contributed by atoms with van der Waals surface area (Å²) in [6.45, 7) is 7.16. The zero-order valence-electron chi connectivity index (χ0n) is 17.8. The molecular formula is C21H27N3O5S2. The topological polar surface area (TPSA) is 106 Å². The summed E-state index contributed by atoms with van der Waals surface area (Å²) in [7, 11) is -3.59. The van der Waals surface area contributed by atoms with Crippen molar-refractivity contribution < 1.29 is 22.7 Å².